The van der Waals surface area contributed by atoms with Crippen LogP contribution in [-0.2, 0) is 9.53 Å². The standard InChI is InChI=1S/C31H33FN4O4/c1-18-24-25(19-9-11-20(12-10-19)36-15-7-6-8-16-36)26(29(37)39-5)27(33-28(24)35-34-18)22-14-13-21(17-23(22)32)40-30(38)31(2,3)4/h9-14,17H,6-8,15-16H2,1-5H3,(H,33,34,35). The molecule has 0 saturated carbocycles. The van der Waals surface area contributed by atoms with Crippen molar-refractivity contribution >= 4 is 28.7 Å². The van der Waals surface area contributed by atoms with Crippen molar-refractivity contribution in [1.29, 1.82) is 0 Å². The Morgan fingerprint density at radius 2 is 1.73 bits per heavy atom. The van der Waals surface area contributed by atoms with Gasteiger partial charge in [-0.2, -0.15) is 5.10 Å². The maximum Gasteiger partial charge on any atom is 0.340 e. The lowest BCUT2D eigenvalue weighted by atomic mass is 9.92. The van der Waals surface area contributed by atoms with E-state index in [1.165, 1.54) is 25.7 Å². The number of aryl methyl sites for hydroxylation is 1. The Morgan fingerprint density at radius 3 is 2.35 bits per heavy atom. The summed E-state index contributed by atoms with van der Waals surface area (Å²) in [4.78, 5) is 32.6. The van der Waals surface area contributed by atoms with Crippen LogP contribution in [0.4, 0.5) is 10.1 Å². The number of carbonyl (C=O) groups excluding carboxylic acids is 2. The number of carbonyl (C=O) groups is 2. The van der Waals surface area contributed by atoms with Crippen molar-refractivity contribution in [3.05, 3.63) is 59.5 Å². The number of piperidine rings is 1. The second kappa shape index (κ2) is 10.7. The Balaban J connectivity index is 1.66. The molecule has 40 heavy (non-hydrogen) atoms. The lowest BCUT2D eigenvalue weighted by Gasteiger charge is -2.29. The molecule has 3 heterocycles. The molecule has 9 heteroatoms. The lowest BCUT2D eigenvalue weighted by Crippen LogP contribution is -2.29. The summed E-state index contributed by atoms with van der Waals surface area (Å²) in [5, 5.41) is 7.94. The summed E-state index contributed by atoms with van der Waals surface area (Å²) < 4.78 is 26.2. The number of anilines is 1. The van der Waals surface area contributed by atoms with Gasteiger partial charge in [-0.05, 0) is 76.8 Å². The Kier molecular flexibility index (Phi) is 7.31. The van der Waals surface area contributed by atoms with Gasteiger partial charge in [-0.25, -0.2) is 14.2 Å². The molecule has 8 nitrogen and oxygen atoms in total. The van der Waals surface area contributed by atoms with Crippen molar-refractivity contribution in [1.82, 2.24) is 15.2 Å². The highest BCUT2D eigenvalue weighted by Crippen LogP contribution is 2.40. The largest absolute Gasteiger partial charge is 0.465 e. The number of ether oxygens (including phenoxy) is 2. The molecular formula is C31H33FN4O4. The van der Waals surface area contributed by atoms with E-state index in [4.69, 9.17) is 9.47 Å². The van der Waals surface area contributed by atoms with Gasteiger partial charge in [0.1, 0.15) is 11.6 Å². The number of benzene rings is 2. The van der Waals surface area contributed by atoms with Gasteiger partial charge in [-0.3, -0.25) is 9.89 Å². The molecule has 4 aromatic rings. The number of fused-ring (bicyclic) bond motifs is 1. The van der Waals surface area contributed by atoms with Crippen molar-refractivity contribution in [3.8, 4) is 28.1 Å². The molecule has 0 unspecified atom stereocenters. The SMILES string of the molecule is COC(=O)c1c(-c2ccc(OC(=O)C(C)(C)C)cc2F)nc2n[nH]c(C)c2c1-c1ccc(N2CCCCC2)cc1. The van der Waals surface area contributed by atoms with Crippen LogP contribution in [0.15, 0.2) is 42.5 Å². The van der Waals surface area contributed by atoms with E-state index in [0.29, 0.717) is 16.6 Å². The minimum atomic E-state index is -0.754. The molecule has 208 valence electrons. The highest BCUT2D eigenvalue weighted by atomic mass is 19.1. The van der Waals surface area contributed by atoms with E-state index in [2.05, 4.69) is 20.1 Å². The fourth-order valence-corrected chi connectivity index (χ4v) is 4.99. The summed E-state index contributed by atoms with van der Waals surface area (Å²) in [6.45, 7) is 9.02. The van der Waals surface area contributed by atoms with Crippen molar-refractivity contribution in [2.24, 2.45) is 5.41 Å². The third-order valence-corrected chi connectivity index (χ3v) is 7.17. The number of halogens is 1. The fourth-order valence-electron chi connectivity index (χ4n) is 4.99. The number of aromatic nitrogens is 3. The quantitative estimate of drug-likeness (QED) is 0.227. The molecule has 0 bridgehead atoms. The number of hydrogen-bond acceptors (Lipinski definition) is 7. The number of pyridine rings is 1. The van der Waals surface area contributed by atoms with Gasteiger partial charge in [0.2, 0.25) is 0 Å². The number of methoxy groups -OCH3 is 1. The first-order valence-corrected chi connectivity index (χ1v) is 13.4. The number of nitrogens with zero attached hydrogens (tertiary/aromatic N) is 3. The Labute approximate surface area is 232 Å². The van der Waals surface area contributed by atoms with E-state index in [9.17, 15) is 9.59 Å². The van der Waals surface area contributed by atoms with E-state index in [0.717, 1.165) is 48.9 Å². The maximum atomic E-state index is 15.6. The number of esters is 2. The van der Waals surface area contributed by atoms with Crippen LogP contribution in [0.1, 0.15) is 56.1 Å². The predicted molar refractivity (Wildman–Crippen MR) is 152 cm³/mol. The summed E-state index contributed by atoms with van der Waals surface area (Å²) in [7, 11) is 1.28. The number of hydrogen-bond donors (Lipinski definition) is 1. The third-order valence-electron chi connectivity index (χ3n) is 7.17. The van der Waals surface area contributed by atoms with E-state index in [1.807, 2.05) is 31.2 Å². The summed E-state index contributed by atoms with van der Waals surface area (Å²) in [6.07, 6.45) is 3.57. The molecule has 0 aliphatic carbocycles. The summed E-state index contributed by atoms with van der Waals surface area (Å²) in [5.41, 5.74) is 3.03. The van der Waals surface area contributed by atoms with Crippen LogP contribution in [0.3, 0.4) is 0 Å². The van der Waals surface area contributed by atoms with Gasteiger partial charge in [-0.1, -0.05) is 12.1 Å². The zero-order chi connectivity index (χ0) is 28.6. The summed E-state index contributed by atoms with van der Waals surface area (Å²) >= 11 is 0. The second-order valence-corrected chi connectivity index (χ2v) is 11.1. The molecule has 0 amide bonds. The highest BCUT2D eigenvalue weighted by Gasteiger charge is 2.29. The minimum absolute atomic E-state index is 0.0599. The van der Waals surface area contributed by atoms with Crippen LogP contribution < -0.4 is 9.64 Å². The Hall–Kier alpha value is -4.27. The van der Waals surface area contributed by atoms with Gasteiger partial charge >= 0.3 is 11.9 Å². The zero-order valence-corrected chi connectivity index (χ0v) is 23.4. The molecule has 1 fully saturated rings. The molecule has 2 aromatic carbocycles. The smallest absolute Gasteiger partial charge is 0.340 e. The molecule has 5 rings (SSSR count). The van der Waals surface area contributed by atoms with Crippen LogP contribution in [0, 0.1) is 18.2 Å². The topological polar surface area (TPSA) is 97.4 Å². The second-order valence-electron chi connectivity index (χ2n) is 11.1. The van der Waals surface area contributed by atoms with E-state index in [1.54, 1.807) is 20.8 Å². The van der Waals surface area contributed by atoms with Crippen LogP contribution in [-0.4, -0.2) is 47.3 Å². The molecule has 0 atom stereocenters. The van der Waals surface area contributed by atoms with Crippen molar-refractivity contribution < 1.29 is 23.5 Å². The normalized spacial score (nSPS) is 13.9. The zero-order valence-electron chi connectivity index (χ0n) is 23.4. The predicted octanol–water partition coefficient (Wildman–Crippen LogP) is 6.47. The average molecular weight is 545 g/mol. The monoisotopic (exact) mass is 544 g/mol. The average Bonchev–Trinajstić information content (AvgIpc) is 3.32. The number of H-pyrrole nitrogens is 1. The fraction of sp³-hybridized carbons (Fsp3) is 0.355. The van der Waals surface area contributed by atoms with Crippen LogP contribution in [0.25, 0.3) is 33.4 Å². The molecule has 0 radical (unpaired) electrons. The van der Waals surface area contributed by atoms with Crippen LogP contribution >= 0.6 is 0 Å². The number of nitrogens with one attached hydrogen (secondary N) is 1. The van der Waals surface area contributed by atoms with E-state index >= 15 is 4.39 Å². The van der Waals surface area contributed by atoms with E-state index in [-0.39, 0.29) is 22.6 Å². The van der Waals surface area contributed by atoms with Gasteiger partial charge in [0.15, 0.2) is 5.65 Å². The molecule has 1 saturated heterocycles. The van der Waals surface area contributed by atoms with Gasteiger partial charge in [0.25, 0.3) is 0 Å². The van der Waals surface area contributed by atoms with Gasteiger partial charge < -0.3 is 14.4 Å². The van der Waals surface area contributed by atoms with Crippen molar-refractivity contribution in [2.45, 2.75) is 47.0 Å². The molecular weight excluding hydrogens is 511 g/mol. The Bertz CT molecular complexity index is 1580. The van der Waals surface area contributed by atoms with Gasteiger partial charge in [0.05, 0.1) is 29.2 Å². The maximum absolute atomic E-state index is 15.6. The van der Waals surface area contributed by atoms with Crippen LogP contribution in [0.2, 0.25) is 0 Å². The Morgan fingerprint density at radius 1 is 1.02 bits per heavy atom. The van der Waals surface area contributed by atoms with Gasteiger partial charge in [-0.15, -0.1) is 0 Å². The minimum Gasteiger partial charge on any atom is -0.465 e. The molecule has 1 aliphatic heterocycles. The van der Waals surface area contributed by atoms with Crippen molar-refractivity contribution in [2.75, 3.05) is 25.1 Å². The van der Waals surface area contributed by atoms with E-state index < -0.39 is 23.2 Å². The van der Waals surface area contributed by atoms with Gasteiger partial charge in [0, 0.05) is 41.7 Å². The number of aromatic amines is 1. The number of rotatable bonds is 5. The first kappa shape index (κ1) is 27.3. The highest BCUT2D eigenvalue weighted by molar-refractivity contribution is 6.11. The van der Waals surface area contributed by atoms with Crippen molar-refractivity contribution in [3.63, 3.8) is 0 Å². The van der Waals surface area contributed by atoms with Crippen LogP contribution in [0.5, 0.6) is 5.75 Å². The molecule has 1 N–H and O–H groups in total. The third kappa shape index (κ3) is 5.15. The first-order chi connectivity index (χ1) is 19.1. The molecule has 0 spiro atoms. The summed E-state index contributed by atoms with van der Waals surface area (Å²) in [6, 6.07) is 12.1. The first-order valence-electron chi connectivity index (χ1n) is 13.4. The molecule has 1 aliphatic rings. The summed E-state index contributed by atoms with van der Waals surface area (Å²) in [5.74, 6) is -1.78. The lowest BCUT2D eigenvalue weighted by molar-refractivity contribution is -0.143. The molecule has 2 aromatic heterocycles.